The Labute approximate surface area is 265 Å². The zero-order valence-corrected chi connectivity index (χ0v) is 27.7. The first-order valence-electron chi connectivity index (χ1n) is 15.8. The molecule has 1 saturated heterocycles. The van der Waals surface area contributed by atoms with Crippen molar-refractivity contribution in [3.8, 4) is 0 Å². The summed E-state index contributed by atoms with van der Waals surface area (Å²) >= 11 is 0. The topological polar surface area (TPSA) is 211 Å². The minimum absolute atomic E-state index is 0.0589. The maximum Gasteiger partial charge on any atom is 0.326 e. The van der Waals surface area contributed by atoms with Crippen molar-refractivity contribution in [2.24, 2.45) is 17.3 Å². The molecule has 1 aliphatic heterocycles. The van der Waals surface area contributed by atoms with Crippen molar-refractivity contribution in [1.82, 2.24) is 26.2 Å². The van der Waals surface area contributed by atoms with Gasteiger partial charge in [0.05, 0.1) is 18.8 Å². The Hall–Kier alpha value is -3.71. The molecule has 1 aliphatic rings. The van der Waals surface area contributed by atoms with Crippen LogP contribution in [-0.4, -0.2) is 93.8 Å². The van der Waals surface area contributed by atoms with Crippen molar-refractivity contribution < 1.29 is 43.8 Å². The number of carbonyl (C=O) groups excluding carboxylic acids is 5. The molecule has 0 radical (unpaired) electrons. The Morgan fingerprint density at radius 3 is 1.64 bits per heavy atom. The molecule has 0 spiro atoms. The van der Waals surface area contributed by atoms with Crippen molar-refractivity contribution in [2.75, 3.05) is 13.1 Å². The second-order valence-corrected chi connectivity index (χ2v) is 13.2. The number of carboxylic acid groups (broad SMARTS) is 2. The fraction of sp³-hybridized carbons (Fsp3) is 0.774. The number of nitrogens with one attached hydrogen (secondary N) is 4. The van der Waals surface area contributed by atoms with Crippen LogP contribution in [0.1, 0.15) is 99.8 Å². The maximum absolute atomic E-state index is 13.7. The number of hydrogen-bond acceptors (Lipinski definition) is 7. The van der Waals surface area contributed by atoms with Crippen molar-refractivity contribution in [1.29, 1.82) is 0 Å². The van der Waals surface area contributed by atoms with E-state index in [1.807, 2.05) is 13.8 Å². The summed E-state index contributed by atoms with van der Waals surface area (Å²) < 4.78 is 0. The van der Waals surface area contributed by atoms with Gasteiger partial charge in [-0.1, -0.05) is 48.5 Å². The van der Waals surface area contributed by atoms with Gasteiger partial charge in [-0.2, -0.15) is 0 Å². The number of nitrogens with zero attached hydrogens (tertiary/aromatic N) is 1. The summed E-state index contributed by atoms with van der Waals surface area (Å²) in [5.41, 5.74) is -0.719. The smallest absolute Gasteiger partial charge is 0.326 e. The van der Waals surface area contributed by atoms with Gasteiger partial charge in [0, 0.05) is 25.6 Å². The van der Waals surface area contributed by atoms with E-state index in [1.165, 1.54) is 0 Å². The first kappa shape index (κ1) is 39.3. The zero-order chi connectivity index (χ0) is 34.5. The third-order valence-corrected chi connectivity index (χ3v) is 7.91. The van der Waals surface area contributed by atoms with Crippen LogP contribution in [0.3, 0.4) is 0 Å². The van der Waals surface area contributed by atoms with E-state index in [2.05, 4.69) is 21.3 Å². The van der Waals surface area contributed by atoms with Gasteiger partial charge in [0.1, 0.15) is 18.1 Å². The zero-order valence-electron chi connectivity index (χ0n) is 27.7. The molecular formula is C31H53N5O9. The highest BCUT2D eigenvalue weighted by atomic mass is 16.4. The molecule has 45 heavy (non-hydrogen) atoms. The number of carbonyl (C=O) groups is 7. The number of carboxylic acids is 2. The van der Waals surface area contributed by atoms with Gasteiger partial charge in [-0.15, -0.1) is 0 Å². The minimum atomic E-state index is -1.69. The van der Waals surface area contributed by atoms with Crippen LogP contribution in [0.15, 0.2) is 0 Å². The molecule has 0 aliphatic carbocycles. The SMILES string of the molecule is CCC(CC)NC(=O)C[C@@H](C(=O)N[C@@H](CC(=O)N1CCCC1)C(=O)N[C@@H](CC(=O)O)C(=O)N[C@@H](CC(C)C)C(=O)O)C(C)(C)C. The van der Waals surface area contributed by atoms with Crippen molar-refractivity contribution in [3.63, 3.8) is 0 Å². The van der Waals surface area contributed by atoms with E-state index in [4.69, 9.17) is 0 Å². The second-order valence-electron chi connectivity index (χ2n) is 13.2. The minimum Gasteiger partial charge on any atom is -0.481 e. The largest absolute Gasteiger partial charge is 0.481 e. The average molecular weight is 640 g/mol. The number of amides is 5. The maximum atomic E-state index is 13.7. The van der Waals surface area contributed by atoms with E-state index in [1.54, 1.807) is 39.5 Å². The van der Waals surface area contributed by atoms with Crippen molar-refractivity contribution >= 4 is 41.5 Å². The van der Waals surface area contributed by atoms with Gasteiger partial charge in [0.25, 0.3) is 0 Å². The Balaban J connectivity index is 3.29. The highest BCUT2D eigenvalue weighted by Gasteiger charge is 2.38. The number of hydrogen-bond donors (Lipinski definition) is 6. The van der Waals surface area contributed by atoms with Gasteiger partial charge < -0.3 is 36.4 Å². The lowest BCUT2D eigenvalue weighted by Crippen LogP contribution is -2.58. The summed E-state index contributed by atoms with van der Waals surface area (Å²) in [7, 11) is 0. The van der Waals surface area contributed by atoms with Gasteiger partial charge in [0.2, 0.25) is 29.5 Å². The molecule has 0 unspecified atom stereocenters. The third-order valence-electron chi connectivity index (χ3n) is 7.91. The van der Waals surface area contributed by atoms with Crippen LogP contribution < -0.4 is 21.3 Å². The highest BCUT2D eigenvalue weighted by Crippen LogP contribution is 2.29. The van der Waals surface area contributed by atoms with E-state index in [-0.39, 0.29) is 30.7 Å². The quantitative estimate of drug-likeness (QED) is 0.128. The molecule has 4 atom stereocenters. The van der Waals surface area contributed by atoms with E-state index >= 15 is 0 Å². The lowest BCUT2D eigenvalue weighted by molar-refractivity contribution is -0.144. The Morgan fingerprint density at radius 1 is 0.711 bits per heavy atom. The van der Waals surface area contributed by atoms with Crippen molar-refractivity contribution in [3.05, 3.63) is 0 Å². The van der Waals surface area contributed by atoms with E-state index in [0.717, 1.165) is 12.8 Å². The molecular weight excluding hydrogens is 586 g/mol. The Morgan fingerprint density at radius 2 is 1.20 bits per heavy atom. The molecule has 14 heteroatoms. The van der Waals surface area contributed by atoms with E-state index < -0.39 is 77.9 Å². The normalized spacial score (nSPS) is 16.0. The second kappa shape index (κ2) is 18.3. The Bertz CT molecular complexity index is 1060. The van der Waals surface area contributed by atoms with Crippen LogP contribution in [0.25, 0.3) is 0 Å². The summed E-state index contributed by atoms with van der Waals surface area (Å²) in [6.07, 6.45) is 1.57. The highest BCUT2D eigenvalue weighted by molar-refractivity contribution is 5.97. The summed E-state index contributed by atoms with van der Waals surface area (Å²) in [5, 5.41) is 29.1. The molecule has 14 nitrogen and oxygen atoms in total. The van der Waals surface area contributed by atoms with Gasteiger partial charge in [0.15, 0.2) is 0 Å². The summed E-state index contributed by atoms with van der Waals surface area (Å²) in [5.74, 6) is -7.16. The summed E-state index contributed by atoms with van der Waals surface area (Å²) in [4.78, 5) is 91.0. The summed E-state index contributed by atoms with van der Waals surface area (Å²) in [6, 6.07) is -4.56. The van der Waals surface area contributed by atoms with E-state index in [9.17, 15) is 43.8 Å². The molecule has 1 heterocycles. The number of likely N-dealkylation sites (tertiary alicyclic amines) is 1. The molecule has 0 aromatic carbocycles. The van der Waals surface area contributed by atoms with Crippen LogP contribution >= 0.6 is 0 Å². The van der Waals surface area contributed by atoms with Crippen LogP contribution in [-0.2, 0) is 33.6 Å². The molecule has 1 rings (SSSR count). The lowest BCUT2D eigenvalue weighted by atomic mass is 9.77. The van der Waals surface area contributed by atoms with Crippen LogP contribution in [0.5, 0.6) is 0 Å². The van der Waals surface area contributed by atoms with Crippen LogP contribution in [0.4, 0.5) is 0 Å². The molecule has 5 amide bonds. The van der Waals surface area contributed by atoms with Crippen LogP contribution in [0.2, 0.25) is 0 Å². The van der Waals surface area contributed by atoms with Crippen LogP contribution in [0, 0.1) is 17.3 Å². The first-order chi connectivity index (χ1) is 20.9. The summed E-state index contributed by atoms with van der Waals surface area (Å²) in [6.45, 7) is 13.7. The number of rotatable bonds is 18. The fourth-order valence-electron chi connectivity index (χ4n) is 5.13. The molecule has 6 N–H and O–H groups in total. The number of aliphatic carboxylic acids is 2. The lowest BCUT2D eigenvalue weighted by Gasteiger charge is -2.32. The Kier molecular flexibility index (Phi) is 16.0. The first-order valence-corrected chi connectivity index (χ1v) is 15.8. The molecule has 1 fully saturated rings. The molecule has 256 valence electrons. The predicted molar refractivity (Wildman–Crippen MR) is 166 cm³/mol. The van der Waals surface area contributed by atoms with Gasteiger partial charge >= 0.3 is 11.9 Å². The molecule has 0 saturated carbocycles. The third kappa shape index (κ3) is 13.9. The van der Waals surface area contributed by atoms with Gasteiger partial charge in [-0.05, 0) is 43.4 Å². The molecule has 0 bridgehead atoms. The standard InChI is InChI=1S/C31H53N5O9/c1-8-19(9-2)32-24(37)15-20(31(5,6)7)27(41)33-21(16-25(38)36-12-10-11-13-36)28(42)34-22(17-26(39)40)29(43)35-23(30(44)45)14-18(3)4/h18-23H,8-17H2,1-7H3,(H,32,37)(H,33,41)(H,34,42)(H,35,43)(H,39,40)(H,44,45)/t20-,21-,22-,23-/m0/s1. The van der Waals surface area contributed by atoms with Gasteiger partial charge in [-0.25, -0.2) is 4.79 Å². The van der Waals surface area contributed by atoms with E-state index in [0.29, 0.717) is 25.9 Å². The monoisotopic (exact) mass is 639 g/mol. The van der Waals surface area contributed by atoms with Gasteiger partial charge in [-0.3, -0.25) is 28.8 Å². The average Bonchev–Trinajstić information content (AvgIpc) is 3.47. The molecule has 0 aromatic rings. The molecule has 0 aromatic heterocycles. The predicted octanol–water partition coefficient (Wildman–Crippen LogP) is 1.42. The van der Waals surface area contributed by atoms with Crippen molar-refractivity contribution in [2.45, 2.75) is 124 Å². The fourth-order valence-corrected chi connectivity index (χ4v) is 5.13.